The molecule has 2 aromatic rings. The summed E-state index contributed by atoms with van der Waals surface area (Å²) >= 11 is 7.57. The number of carbonyl (C=O) groups excluding carboxylic acids is 1. The van der Waals surface area contributed by atoms with Crippen molar-refractivity contribution in [1.29, 1.82) is 0 Å². The number of thiazole rings is 1. The number of amides is 1. The maximum absolute atomic E-state index is 12.1. The van der Waals surface area contributed by atoms with Gasteiger partial charge in [0.05, 0.1) is 18.7 Å². The van der Waals surface area contributed by atoms with E-state index in [9.17, 15) is 4.79 Å². The van der Waals surface area contributed by atoms with Crippen molar-refractivity contribution in [3.8, 4) is 11.5 Å². The zero-order chi connectivity index (χ0) is 16.8. The van der Waals surface area contributed by atoms with Crippen LogP contribution in [0.2, 0.25) is 5.02 Å². The third-order valence-electron chi connectivity index (χ3n) is 2.99. The summed E-state index contributed by atoms with van der Waals surface area (Å²) in [6.45, 7) is 2.98. The summed E-state index contributed by atoms with van der Waals surface area (Å²) in [4.78, 5) is 16.2. The Labute approximate surface area is 155 Å². The fourth-order valence-corrected chi connectivity index (χ4v) is 2.88. The van der Waals surface area contributed by atoms with E-state index in [0.717, 1.165) is 10.6 Å². The average molecular weight is 392 g/mol. The van der Waals surface area contributed by atoms with Gasteiger partial charge in [-0.2, -0.15) is 0 Å². The predicted molar refractivity (Wildman–Crippen MR) is 97.6 cm³/mol. The minimum Gasteiger partial charge on any atom is -0.493 e. The lowest BCUT2D eigenvalue weighted by Gasteiger charge is -2.13. The molecule has 0 atom stereocenters. The topological polar surface area (TPSA) is 86.5 Å². The monoisotopic (exact) mass is 391 g/mol. The molecular formula is C15H19Cl2N3O3S. The smallest absolute Gasteiger partial charge is 0.271 e. The van der Waals surface area contributed by atoms with Gasteiger partial charge in [0.25, 0.3) is 5.91 Å². The Hall–Kier alpha value is -1.54. The molecule has 1 heterocycles. The van der Waals surface area contributed by atoms with Crippen LogP contribution in [0.15, 0.2) is 17.5 Å². The second kappa shape index (κ2) is 9.68. The molecule has 9 heteroatoms. The first-order chi connectivity index (χ1) is 11.1. The van der Waals surface area contributed by atoms with E-state index >= 15 is 0 Å². The van der Waals surface area contributed by atoms with Crippen LogP contribution in [0.3, 0.4) is 0 Å². The number of hydrogen-bond donors (Lipinski definition) is 2. The summed E-state index contributed by atoms with van der Waals surface area (Å²) in [6.07, 6.45) is 0. The second-order valence-electron chi connectivity index (χ2n) is 4.56. The second-order valence-corrected chi connectivity index (χ2v) is 5.91. The third kappa shape index (κ3) is 4.98. The molecule has 6 nitrogen and oxygen atoms in total. The maximum Gasteiger partial charge on any atom is 0.271 e. The number of methoxy groups -OCH3 is 1. The van der Waals surface area contributed by atoms with E-state index in [1.54, 1.807) is 24.6 Å². The van der Waals surface area contributed by atoms with Crippen LogP contribution in [0.5, 0.6) is 11.5 Å². The van der Waals surface area contributed by atoms with Crippen molar-refractivity contribution < 1.29 is 14.3 Å². The summed E-state index contributed by atoms with van der Waals surface area (Å²) < 4.78 is 10.7. The van der Waals surface area contributed by atoms with Gasteiger partial charge in [0.1, 0.15) is 10.7 Å². The first-order valence-electron chi connectivity index (χ1n) is 7.00. The van der Waals surface area contributed by atoms with Gasteiger partial charge in [-0.25, -0.2) is 4.98 Å². The first-order valence-corrected chi connectivity index (χ1v) is 8.26. The van der Waals surface area contributed by atoms with Crippen molar-refractivity contribution in [2.45, 2.75) is 20.0 Å². The van der Waals surface area contributed by atoms with Crippen LogP contribution in [0.25, 0.3) is 0 Å². The predicted octanol–water partition coefficient (Wildman–Crippen LogP) is 3.01. The number of ether oxygens (including phenoxy) is 2. The van der Waals surface area contributed by atoms with Crippen molar-refractivity contribution in [3.63, 3.8) is 0 Å². The number of benzene rings is 1. The Morgan fingerprint density at radius 3 is 2.79 bits per heavy atom. The van der Waals surface area contributed by atoms with E-state index in [-0.39, 0.29) is 18.3 Å². The molecule has 0 aliphatic carbocycles. The molecule has 24 heavy (non-hydrogen) atoms. The average Bonchev–Trinajstić information content (AvgIpc) is 3.04. The van der Waals surface area contributed by atoms with Crippen molar-refractivity contribution >= 4 is 41.3 Å². The Morgan fingerprint density at radius 2 is 2.21 bits per heavy atom. The first kappa shape index (κ1) is 20.5. The van der Waals surface area contributed by atoms with E-state index in [1.807, 2.05) is 6.92 Å². The lowest BCUT2D eigenvalue weighted by Crippen LogP contribution is -2.23. The van der Waals surface area contributed by atoms with Crippen molar-refractivity contribution in [2.24, 2.45) is 5.73 Å². The molecule has 2 rings (SSSR count). The zero-order valence-corrected chi connectivity index (χ0v) is 15.7. The zero-order valence-electron chi connectivity index (χ0n) is 13.3. The van der Waals surface area contributed by atoms with Crippen LogP contribution in [-0.4, -0.2) is 24.6 Å². The number of nitrogens with one attached hydrogen (secondary N) is 1. The molecule has 0 aliphatic rings. The van der Waals surface area contributed by atoms with Gasteiger partial charge in [0.15, 0.2) is 11.5 Å². The van der Waals surface area contributed by atoms with E-state index in [2.05, 4.69) is 10.3 Å². The van der Waals surface area contributed by atoms with Crippen LogP contribution in [0.4, 0.5) is 0 Å². The normalized spacial score (nSPS) is 10.0. The van der Waals surface area contributed by atoms with Gasteiger partial charge in [-0.15, -0.1) is 23.7 Å². The molecule has 0 spiro atoms. The van der Waals surface area contributed by atoms with Gasteiger partial charge in [-0.05, 0) is 24.6 Å². The van der Waals surface area contributed by atoms with Crippen LogP contribution in [0, 0.1) is 0 Å². The summed E-state index contributed by atoms with van der Waals surface area (Å²) in [5, 5.41) is 5.64. The highest BCUT2D eigenvalue weighted by atomic mass is 35.5. The van der Waals surface area contributed by atoms with Crippen LogP contribution in [0.1, 0.15) is 28.0 Å². The summed E-state index contributed by atoms with van der Waals surface area (Å²) in [5.41, 5.74) is 6.66. The largest absolute Gasteiger partial charge is 0.493 e. The lowest BCUT2D eigenvalue weighted by atomic mass is 10.2. The number of hydrogen-bond acceptors (Lipinski definition) is 6. The lowest BCUT2D eigenvalue weighted by molar-refractivity contribution is 0.0946. The number of aromatic nitrogens is 1. The van der Waals surface area contributed by atoms with Gasteiger partial charge < -0.3 is 20.5 Å². The summed E-state index contributed by atoms with van der Waals surface area (Å²) in [5.74, 6) is 0.770. The molecular weight excluding hydrogens is 373 g/mol. The van der Waals surface area contributed by atoms with E-state index in [0.29, 0.717) is 41.9 Å². The van der Waals surface area contributed by atoms with Crippen LogP contribution < -0.4 is 20.5 Å². The van der Waals surface area contributed by atoms with Crippen LogP contribution in [-0.2, 0) is 13.1 Å². The fourth-order valence-electron chi connectivity index (χ4n) is 1.94. The van der Waals surface area contributed by atoms with Gasteiger partial charge in [-0.1, -0.05) is 11.6 Å². The van der Waals surface area contributed by atoms with Gasteiger partial charge in [0, 0.05) is 18.5 Å². The fraction of sp³-hybridized carbons (Fsp3) is 0.333. The summed E-state index contributed by atoms with van der Waals surface area (Å²) in [6, 6.07) is 3.52. The minimum absolute atomic E-state index is 0. The number of carbonyl (C=O) groups is 1. The number of nitrogens with zero attached hydrogens (tertiary/aromatic N) is 1. The van der Waals surface area contributed by atoms with E-state index < -0.39 is 0 Å². The molecule has 1 amide bonds. The Bertz CT molecular complexity index is 695. The number of rotatable bonds is 7. The van der Waals surface area contributed by atoms with Crippen LogP contribution >= 0.6 is 35.3 Å². The summed E-state index contributed by atoms with van der Waals surface area (Å²) in [7, 11) is 1.54. The maximum atomic E-state index is 12.1. The third-order valence-corrected chi connectivity index (χ3v) is 4.14. The van der Waals surface area contributed by atoms with E-state index in [4.69, 9.17) is 26.8 Å². The molecule has 0 unspecified atom stereocenters. The molecule has 1 aromatic heterocycles. The standard InChI is InChI=1S/C15H18ClN3O3S.ClH/c1-3-22-14-10(16)4-9(5-12(14)21-2)7-18-15(20)11-8-23-13(6-17)19-11;/h4-5,8H,3,6-7,17H2,1-2H3,(H,18,20);1H. The molecule has 0 saturated carbocycles. The Morgan fingerprint density at radius 1 is 1.46 bits per heavy atom. The Kier molecular flexibility index (Phi) is 8.27. The quantitative estimate of drug-likeness (QED) is 0.757. The van der Waals surface area contributed by atoms with Gasteiger partial charge in [-0.3, -0.25) is 4.79 Å². The van der Waals surface area contributed by atoms with E-state index in [1.165, 1.54) is 11.3 Å². The highest BCUT2D eigenvalue weighted by molar-refractivity contribution is 7.09. The highest BCUT2D eigenvalue weighted by Crippen LogP contribution is 2.36. The van der Waals surface area contributed by atoms with Crippen molar-refractivity contribution in [1.82, 2.24) is 10.3 Å². The highest BCUT2D eigenvalue weighted by Gasteiger charge is 2.14. The van der Waals surface area contributed by atoms with Crippen molar-refractivity contribution in [2.75, 3.05) is 13.7 Å². The van der Waals surface area contributed by atoms with Gasteiger partial charge in [0.2, 0.25) is 0 Å². The molecule has 3 N–H and O–H groups in total. The molecule has 0 bridgehead atoms. The SMILES string of the molecule is CCOc1c(Cl)cc(CNC(=O)c2csc(CN)n2)cc1OC.Cl. The number of halogens is 2. The molecule has 0 aliphatic heterocycles. The molecule has 0 fully saturated rings. The molecule has 0 saturated heterocycles. The minimum atomic E-state index is -0.259. The molecule has 132 valence electrons. The van der Waals surface area contributed by atoms with Gasteiger partial charge >= 0.3 is 0 Å². The molecule has 1 aromatic carbocycles. The van der Waals surface area contributed by atoms with Crippen molar-refractivity contribution in [3.05, 3.63) is 38.8 Å². The Balaban J connectivity index is 0.00000288. The number of nitrogens with two attached hydrogens (primary N) is 1. The molecule has 0 radical (unpaired) electrons.